The van der Waals surface area contributed by atoms with Gasteiger partial charge in [-0.2, -0.15) is 0 Å². The zero-order valence-electron chi connectivity index (χ0n) is 23.4. The van der Waals surface area contributed by atoms with Crippen molar-refractivity contribution in [2.24, 2.45) is 5.92 Å². The van der Waals surface area contributed by atoms with E-state index < -0.39 is 15.7 Å². The number of phenolic OH excluding ortho intramolecular Hbond substituents is 1. The van der Waals surface area contributed by atoms with Gasteiger partial charge in [0.2, 0.25) is 0 Å². The minimum absolute atomic E-state index is 0.266. The van der Waals surface area contributed by atoms with Crippen LogP contribution in [-0.2, 0) is 38.7 Å². The standard InChI is InChI=1S/C30H34N2O3.CH4O3S/c1-3-14-34-30-16-21-20-6-4-5-7-22(20)31-27(21)28(2)29(30)12-13-32(17-18-8-9-18)24(30)15-19-10-11-23(33)26(35-28)25(19)29;1-5(2,3)4/h4-7,10-11,18,24,31,33H,3,8-9,12-17H2,1-2H3;1H3,(H,2,3,4)/t24-,28-,29-,30+;/m0./s1. The van der Waals surface area contributed by atoms with Gasteiger partial charge >= 0.3 is 0 Å². The van der Waals surface area contributed by atoms with Gasteiger partial charge in [-0.3, -0.25) is 0 Å². The Labute approximate surface area is 235 Å². The number of para-hydroxylation sites is 1. The Hall–Kier alpha value is -2.59. The summed E-state index contributed by atoms with van der Waals surface area (Å²) in [5, 5.41) is 12.4. The molecule has 3 aromatic rings. The highest BCUT2D eigenvalue weighted by atomic mass is 32.2. The van der Waals surface area contributed by atoms with Crippen LogP contribution in [0.5, 0.6) is 11.5 Å². The number of H-pyrrole nitrogens is 1. The van der Waals surface area contributed by atoms with Gasteiger partial charge in [-0.15, -0.1) is 0 Å². The first-order valence-corrected chi connectivity index (χ1v) is 16.4. The van der Waals surface area contributed by atoms with Crippen molar-refractivity contribution in [1.29, 1.82) is 0 Å². The predicted molar refractivity (Wildman–Crippen MR) is 150 cm³/mol. The van der Waals surface area contributed by atoms with E-state index in [2.05, 4.69) is 49.2 Å². The molecule has 8 nitrogen and oxygen atoms in total. The fourth-order valence-corrected chi connectivity index (χ4v) is 8.84. The highest BCUT2D eigenvalue weighted by Crippen LogP contribution is 2.70. The second-order valence-corrected chi connectivity index (χ2v) is 14.1. The number of likely N-dealkylation sites (tertiary alicyclic amines) is 1. The summed E-state index contributed by atoms with van der Waals surface area (Å²) in [7, 11) is -3.92. The first-order valence-electron chi connectivity index (χ1n) is 14.6. The van der Waals surface area contributed by atoms with E-state index in [9.17, 15) is 5.11 Å². The number of aromatic amines is 1. The Morgan fingerprint density at radius 1 is 1.23 bits per heavy atom. The average molecular weight is 567 g/mol. The Morgan fingerprint density at radius 2 is 1.98 bits per heavy atom. The zero-order valence-corrected chi connectivity index (χ0v) is 24.2. The zero-order chi connectivity index (χ0) is 28.1. The van der Waals surface area contributed by atoms with Crippen molar-refractivity contribution >= 4 is 21.0 Å². The summed E-state index contributed by atoms with van der Waals surface area (Å²) >= 11 is 0. The minimum atomic E-state index is -3.92. The maximum atomic E-state index is 11.1. The van der Waals surface area contributed by atoms with Crippen LogP contribution >= 0.6 is 0 Å². The number of quaternary nitrogens is 1. The Morgan fingerprint density at radius 3 is 2.70 bits per heavy atom. The number of phenols is 1. The first-order chi connectivity index (χ1) is 19.0. The summed E-state index contributed by atoms with van der Waals surface area (Å²) in [4.78, 5) is 5.53. The minimum Gasteiger partial charge on any atom is -0.748 e. The molecule has 1 saturated heterocycles. The Balaban J connectivity index is 0.000000490. The monoisotopic (exact) mass is 566 g/mol. The number of rotatable bonds is 5. The van der Waals surface area contributed by atoms with Crippen LogP contribution in [0.3, 0.4) is 0 Å². The van der Waals surface area contributed by atoms with Gasteiger partial charge in [-0.25, -0.2) is 8.42 Å². The topological polar surface area (TPSA) is 116 Å². The molecule has 40 heavy (non-hydrogen) atoms. The fourth-order valence-electron chi connectivity index (χ4n) is 8.84. The van der Waals surface area contributed by atoms with Crippen molar-refractivity contribution in [3.63, 3.8) is 0 Å². The molecule has 5 atom stereocenters. The number of hydrogen-bond donors (Lipinski definition) is 3. The smallest absolute Gasteiger partial charge is 0.166 e. The van der Waals surface area contributed by atoms with Crippen LogP contribution < -0.4 is 9.64 Å². The molecule has 2 bridgehead atoms. The summed E-state index contributed by atoms with van der Waals surface area (Å²) in [6.45, 7) is 7.66. The normalized spacial score (nSPS) is 33.0. The van der Waals surface area contributed by atoms with Crippen molar-refractivity contribution < 1.29 is 32.5 Å². The molecule has 3 heterocycles. The summed E-state index contributed by atoms with van der Waals surface area (Å²) in [6, 6.07) is 13.1. The van der Waals surface area contributed by atoms with E-state index in [-0.39, 0.29) is 16.8 Å². The van der Waals surface area contributed by atoms with Crippen LogP contribution in [0.1, 0.15) is 61.9 Å². The van der Waals surface area contributed by atoms with E-state index in [0.717, 1.165) is 44.8 Å². The van der Waals surface area contributed by atoms with E-state index >= 15 is 0 Å². The van der Waals surface area contributed by atoms with Crippen molar-refractivity contribution in [2.45, 2.75) is 75.0 Å². The number of hydrogen-bond acceptors (Lipinski definition) is 6. The first kappa shape index (κ1) is 26.3. The second-order valence-electron chi connectivity index (χ2n) is 12.7. The summed E-state index contributed by atoms with van der Waals surface area (Å²) in [5.74, 6) is 1.84. The van der Waals surface area contributed by atoms with Crippen LogP contribution in [0.15, 0.2) is 36.4 Å². The molecule has 1 unspecified atom stereocenters. The largest absolute Gasteiger partial charge is 0.748 e. The number of aromatic nitrogens is 1. The Bertz CT molecular complexity index is 1610. The predicted octanol–water partition coefficient (Wildman–Crippen LogP) is 2.93. The molecule has 3 N–H and O–H groups in total. The van der Waals surface area contributed by atoms with E-state index in [1.807, 2.05) is 6.07 Å². The van der Waals surface area contributed by atoms with Gasteiger partial charge in [-0.05, 0) is 49.4 Å². The molecule has 8 rings (SSSR count). The van der Waals surface area contributed by atoms with Crippen LogP contribution in [0, 0.1) is 5.92 Å². The van der Waals surface area contributed by atoms with E-state index in [4.69, 9.17) is 22.4 Å². The average Bonchev–Trinajstić information content (AvgIpc) is 3.56. The molecule has 9 heteroatoms. The van der Waals surface area contributed by atoms with Crippen molar-refractivity contribution in [2.75, 3.05) is 26.0 Å². The van der Waals surface area contributed by atoms with Gasteiger partial charge in [-0.1, -0.05) is 31.2 Å². The molecule has 1 saturated carbocycles. The third-order valence-corrected chi connectivity index (χ3v) is 10.3. The maximum Gasteiger partial charge on any atom is 0.166 e. The lowest BCUT2D eigenvalue weighted by Crippen LogP contribution is -3.22. The summed E-state index contributed by atoms with van der Waals surface area (Å²) < 4.78 is 41.5. The number of nitrogens with one attached hydrogen (secondary N) is 2. The lowest BCUT2D eigenvalue weighted by molar-refractivity contribution is -0.944. The summed E-state index contributed by atoms with van der Waals surface area (Å²) in [5.41, 5.74) is 5.00. The molecule has 0 radical (unpaired) electrons. The molecule has 3 aliphatic carbocycles. The molecular weight excluding hydrogens is 528 g/mol. The lowest BCUT2D eigenvalue weighted by atomic mass is 9.45. The van der Waals surface area contributed by atoms with Crippen LogP contribution in [0.4, 0.5) is 0 Å². The molecule has 1 spiro atoms. The van der Waals surface area contributed by atoms with E-state index in [1.54, 1.807) is 4.90 Å². The third-order valence-electron chi connectivity index (χ3n) is 10.3. The Kier molecular flexibility index (Phi) is 5.73. The van der Waals surface area contributed by atoms with E-state index in [1.165, 1.54) is 52.7 Å². The van der Waals surface area contributed by atoms with Crippen molar-refractivity contribution in [3.8, 4) is 11.5 Å². The van der Waals surface area contributed by atoms with Gasteiger partial charge in [0.1, 0.15) is 11.6 Å². The molecule has 2 fully saturated rings. The van der Waals surface area contributed by atoms with Gasteiger partial charge in [0.25, 0.3) is 0 Å². The molecule has 2 aromatic carbocycles. The highest BCUT2D eigenvalue weighted by molar-refractivity contribution is 7.84. The number of benzene rings is 2. The number of aromatic hydroxyl groups is 1. The maximum absolute atomic E-state index is 11.1. The van der Waals surface area contributed by atoms with Crippen molar-refractivity contribution in [3.05, 3.63) is 58.8 Å². The number of piperidine rings is 1. The van der Waals surface area contributed by atoms with Crippen LogP contribution in [-0.4, -0.2) is 60.7 Å². The highest BCUT2D eigenvalue weighted by Gasteiger charge is 2.80. The van der Waals surface area contributed by atoms with Gasteiger partial charge in [0.15, 0.2) is 17.1 Å². The lowest BCUT2D eigenvalue weighted by Gasteiger charge is -2.65. The molecule has 214 valence electrons. The number of fused-ring (bicyclic) bond motifs is 4. The van der Waals surface area contributed by atoms with Crippen LogP contribution in [0.2, 0.25) is 0 Å². The molecule has 0 amide bonds. The quantitative estimate of drug-likeness (QED) is 0.409. The third kappa shape index (κ3) is 3.50. The van der Waals surface area contributed by atoms with Gasteiger partial charge < -0.3 is 29.0 Å². The van der Waals surface area contributed by atoms with Crippen molar-refractivity contribution in [1.82, 2.24) is 4.98 Å². The molecular formula is C31H38N2O6S. The van der Waals surface area contributed by atoms with Gasteiger partial charge in [0.05, 0.1) is 34.3 Å². The SMILES string of the molecule is CCCO[C@@]12Cc3c([nH]c4ccccc34)[C@]3(C)Oc4c(O)ccc5c4[C@@]31CC[NH+](CC1CC1)[C@H]2C5.CS(=O)(=O)[O-]. The molecule has 5 aliphatic rings. The van der Waals surface area contributed by atoms with E-state index in [0.29, 0.717) is 18.0 Å². The number of ether oxygens (including phenoxy) is 2. The van der Waals surface area contributed by atoms with Gasteiger partial charge in [0, 0.05) is 54.5 Å². The summed E-state index contributed by atoms with van der Waals surface area (Å²) in [6.07, 6.45) is 7.28. The molecule has 1 aromatic heterocycles. The fraction of sp³-hybridized carbons (Fsp3) is 0.548. The second kappa shape index (κ2) is 8.71. The van der Waals surface area contributed by atoms with Crippen LogP contribution in [0.25, 0.3) is 10.9 Å². The molecule has 2 aliphatic heterocycles.